The molecule has 0 bridgehead atoms. The molecule has 0 aromatic carbocycles. The molecule has 1 aromatic heterocycles. The van der Waals surface area contributed by atoms with E-state index in [1.807, 2.05) is 6.92 Å². The molecule has 0 aliphatic heterocycles. The van der Waals surface area contributed by atoms with Crippen LogP contribution in [0.5, 0.6) is 0 Å². The molecule has 0 spiro atoms. The van der Waals surface area contributed by atoms with Crippen molar-refractivity contribution in [2.24, 2.45) is 5.92 Å². The molecule has 5 heteroatoms. The first-order chi connectivity index (χ1) is 7.16. The number of aromatic nitrogens is 1. The molecule has 15 heavy (non-hydrogen) atoms. The molecule has 1 amide bonds. The van der Waals surface area contributed by atoms with Gasteiger partial charge in [-0.2, -0.15) is 0 Å². The quantitative estimate of drug-likeness (QED) is 0.804. The van der Waals surface area contributed by atoms with E-state index in [1.54, 1.807) is 6.20 Å². The van der Waals surface area contributed by atoms with Gasteiger partial charge in [0.2, 0.25) is 5.91 Å². The summed E-state index contributed by atoms with van der Waals surface area (Å²) in [6, 6.07) is 0. The molecule has 1 aliphatic rings. The maximum atomic E-state index is 11.7. The number of thiazole rings is 1. The maximum Gasteiger partial charge on any atom is 0.231 e. The Bertz CT molecular complexity index is 364. The van der Waals surface area contributed by atoms with Crippen LogP contribution in [0.4, 0.5) is 5.13 Å². The van der Waals surface area contributed by atoms with Gasteiger partial charge < -0.3 is 10.4 Å². The van der Waals surface area contributed by atoms with Crippen LogP contribution in [0.3, 0.4) is 0 Å². The van der Waals surface area contributed by atoms with Crippen molar-refractivity contribution >= 4 is 22.4 Å². The first-order valence-corrected chi connectivity index (χ1v) is 5.90. The molecule has 2 atom stereocenters. The molecule has 1 fully saturated rings. The molecule has 1 heterocycles. The lowest BCUT2D eigenvalue weighted by atomic mass is 10.1. The second kappa shape index (κ2) is 4.28. The van der Waals surface area contributed by atoms with Crippen molar-refractivity contribution in [2.45, 2.75) is 32.3 Å². The molecule has 0 saturated heterocycles. The predicted molar refractivity (Wildman–Crippen MR) is 58.8 cm³/mol. The topological polar surface area (TPSA) is 62.2 Å². The van der Waals surface area contributed by atoms with E-state index >= 15 is 0 Å². The number of anilines is 1. The third kappa shape index (κ3) is 2.35. The number of amides is 1. The van der Waals surface area contributed by atoms with E-state index in [-0.39, 0.29) is 11.8 Å². The minimum absolute atomic E-state index is 0.102. The van der Waals surface area contributed by atoms with Crippen LogP contribution >= 0.6 is 11.3 Å². The van der Waals surface area contributed by atoms with E-state index in [4.69, 9.17) is 0 Å². The number of hydrogen-bond acceptors (Lipinski definition) is 4. The lowest BCUT2D eigenvalue weighted by molar-refractivity contribution is -0.122. The second-order valence-electron chi connectivity index (χ2n) is 3.87. The zero-order chi connectivity index (χ0) is 10.8. The SMILES string of the molecule is Cc1cnc(NC(=O)C2CCCC2O)s1. The maximum absolute atomic E-state index is 11.7. The highest BCUT2D eigenvalue weighted by Crippen LogP contribution is 2.27. The number of rotatable bonds is 2. The summed E-state index contributed by atoms with van der Waals surface area (Å²) in [4.78, 5) is 16.9. The fourth-order valence-electron chi connectivity index (χ4n) is 1.86. The van der Waals surface area contributed by atoms with Crippen molar-refractivity contribution in [2.75, 3.05) is 5.32 Å². The summed E-state index contributed by atoms with van der Waals surface area (Å²) in [6.45, 7) is 1.94. The van der Waals surface area contributed by atoms with Gasteiger partial charge in [0, 0.05) is 11.1 Å². The van der Waals surface area contributed by atoms with Gasteiger partial charge in [0.1, 0.15) is 0 Å². The van der Waals surface area contributed by atoms with Crippen molar-refractivity contribution < 1.29 is 9.90 Å². The largest absolute Gasteiger partial charge is 0.392 e. The van der Waals surface area contributed by atoms with Crippen LogP contribution in [0.15, 0.2) is 6.20 Å². The molecule has 82 valence electrons. The van der Waals surface area contributed by atoms with E-state index in [0.717, 1.165) is 24.1 Å². The molecule has 1 saturated carbocycles. The third-order valence-corrected chi connectivity index (χ3v) is 3.50. The van der Waals surface area contributed by atoms with E-state index in [1.165, 1.54) is 11.3 Å². The molecule has 1 aromatic rings. The minimum atomic E-state index is -0.481. The highest BCUT2D eigenvalue weighted by molar-refractivity contribution is 7.15. The molecular formula is C10H14N2O2S. The van der Waals surface area contributed by atoms with Crippen LogP contribution in [0.2, 0.25) is 0 Å². The molecule has 0 radical (unpaired) electrons. The summed E-state index contributed by atoms with van der Waals surface area (Å²) in [5, 5.41) is 12.9. The Labute approximate surface area is 92.3 Å². The van der Waals surface area contributed by atoms with Gasteiger partial charge in [-0.1, -0.05) is 0 Å². The number of carbonyl (C=O) groups excluding carboxylic acids is 1. The van der Waals surface area contributed by atoms with Gasteiger partial charge in [0.05, 0.1) is 12.0 Å². The van der Waals surface area contributed by atoms with Crippen LogP contribution in [0.25, 0.3) is 0 Å². The minimum Gasteiger partial charge on any atom is -0.392 e. The number of aryl methyl sites for hydroxylation is 1. The standard InChI is InChI=1S/C10H14N2O2S/c1-6-5-11-10(15-6)12-9(14)7-3-2-4-8(7)13/h5,7-8,13H,2-4H2,1H3,(H,11,12,14). The number of hydrogen-bond donors (Lipinski definition) is 2. The summed E-state index contributed by atoms with van der Waals surface area (Å²) in [7, 11) is 0. The third-order valence-electron chi connectivity index (χ3n) is 2.67. The van der Waals surface area contributed by atoms with E-state index in [0.29, 0.717) is 5.13 Å². The molecule has 4 nitrogen and oxygen atoms in total. The molecule has 1 aliphatic carbocycles. The molecule has 2 N–H and O–H groups in total. The first-order valence-electron chi connectivity index (χ1n) is 5.08. The summed E-state index contributed by atoms with van der Waals surface area (Å²) in [5.41, 5.74) is 0. The Morgan fingerprint density at radius 1 is 1.67 bits per heavy atom. The van der Waals surface area contributed by atoms with Crippen LogP contribution in [0, 0.1) is 12.8 Å². The Morgan fingerprint density at radius 3 is 3.00 bits per heavy atom. The van der Waals surface area contributed by atoms with Gasteiger partial charge in [-0.3, -0.25) is 4.79 Å². The van der Waals surface area contributed by atoms with Crippen LogP contribution < -0.4 is 5.32 Å². The van der Waals surface area contributed by atoms with Gasteiger partial charge in [0.25, 0.3) is 0 Å². The number of nitrogens with zero attached hydrogens (tertiary/aromatic N) is 1. The van der Waals surface area contributed by atoms with Crippen LogP contribution in [0.1, 0.15) is 24.1 Å². The zero-order valence-electron chi connectivity index (χ0n) is 8.56. The summed E-state index contributed by atoms with van der Waals surface area (Å²) < 4.78 is 0. The smallest absolute Gasteiger partial charge is 0.231 e. The van der Waals surface area contributed by atoms with Crippen LogP contribution in [-0.2, 0) is 4.79 Å². The van der Waals surface area contributed by atoms with Gasteiger partial charge >= 0.3 is 0 Å². The van der Waals surface area contributed by atoms with Crippen molar-refractivity contribution in [1.82, 2.24) is 4.98 Å². The molecular weight excluding hydrogens is 212 g/mol. The van der Waals surface area contributed by atoms with Crippen molar-refractivity contribution in [1.29, 1.82) is 0 Å². The molecule has 2 unspecified atom stereocenters. The number of nitrogens with one attached hydrogen (secondary N) is 1. The summed E-state index contributed by atoms with van der Waals surface area (Å²) in [5.74, 6) is -0.358. The van der Waals surface area contributed by atoms with Gasteiger partial charge in [-0.05, 0) is 26.2 Å². The Balaban J connectivity index is 1.97. The summed E-state index contributed by atoms with van der Waals surface area (Å²) >= 11 is 1.45. The Morgan fingerprint density at radius 2 is 2.47 bits per heavy atom. The fourth-order valence-corrected chi connectivity index (χ4v) is 2.52. The monoisotopic (exact) mass is 226 g/mol. The van der Waals surface area contributed by atoms with E-state index in [9.17, 15) is 9.90 Å². The highest BCUT2D eigenvalue weighted by Gasteiger charge is 2.31. The summed E-state index contributed by atoms with van der Waals surface area (Å²) in [6.07, 6.45) is 3.68. The van der Waals surface area contributed by atoms with Crippen LogP contribution in [-0.4, -0.2) is 22.1 Å². The lowest BCUT2D eigenvalue weighted by Crippen LogP contribution is -2.28. The molecule has 2 rings (SSSR count). The van der Waals surface area contributed by atoms with Crippen molar-refractivity contribution in [3.8, 4) is 0 Å². The van der Waals surface area contributed by atoms with E-state index < -0.39 is 6.10 Å². The van der Waals surface area contributed by atoms with Crippen molar-refractivity contribution in [3.05, 3.63) is 11.1 Å². The zero-order valence-corrected chi connectivity index (χ0v) is 9.38. The Kier molecular flexibility index (Phi) is 3.02. The van der Waals surface area contributed by atoms with Gasteiger partial charge in [-0.25, -0.2) is 4.98 Å². The fraction of sp³-hybridized carbons (Fsp3) is 0.600. The number of carbonyl (C=O) groups is 1. The number of aliphatic hydroxyl groups is 1. The average molecular weight is 226 g/mol. The predicted octanol–water partition coefficient (Wildman–Crippen LogP) is 1.55. The average Bonchev–Trinajstić information content (AvgIpc) is 2.75. The Hall–Kier alpha value is -0.940. The van der Waals surface area contributed by atoms with Crippen molar-refractivity contribution in [3.63, 3.8) is 0 Å². The van der Waals surface area contributed by atoms with Gasteiger partial charge in [0.15, 0.2) is 5.13 Å². The first kappa shape index (κ1) is 10.6. The highest BCUT2D eigenvalue weighted by atomic mass is 32.1. The normalized spacial score (nSPS) is 25.5. The van der Waals surface area contributed by atoms with Gasteiger partial charge in [-0.15, -0.1) is 11.3 Å². The second-order valence-corrected chi connectivity index (χ2v) is 5.10. The lowest BCUT2D eigenvalue weighted by Gasteiger charge is -2.12. The number of aliphatic hydroxyl groups excluding tert-OH is 1. The van der Waals surface area contributed by atoms with E-state index in [2.05, 4.69) is 10.3 Å².